The zero-order valence-electron chi connectivity index (χ0n) is 20.5. The van der Waals surface area contributed by atoms with Crippen LogP contribution in [0.4, 0.5) is 10.1 Å². The number of amides is 1. The molecule has 0 spiro atoms. The molecule has 0 bridgehead atoms. The lowest BCUT2D eigenvalue weighted by Crippen LogP contribution is -2.58. The van der Waals surface area contributed by atoms with Crippen LogP contribution in [0, 0.1) is 11.8 Å². The van der Waals surface area contributed by atoms with Crippen LogP contribution in [0.5, 0.6) is 5.75 Å². The summed E-state index contributed by atoms with van der Waals surface area (Å²) in [7, 11) is 0. The van der Waals surface area contributed by atoms with Gasteiger partial charge in [0.05, 0.1) is 11.6 Å². The number of halogens is 1. The number of ketones is 2. The van der Waals surface area contributed by atoms with Crippen LogP contribution in [0.25, 0.3) is 16.9 Å². The number of aromatic hydroxyl groups is 1. The molecule has 3 aliphatic rings. The van der Waals surface area contributed by atoms with E-state index in [2.05, 4.69) is 5.32 Å². The Bertz CT molecular complexity index is 1450. The standard InChI is InChI=1S/C28H27FN2O7/c1-12(11-29)31-16-4-2-13(3-5-16)17-6-7-19(32)22-18(17)9-14-8-15-10-20(33)23(27(30)37)26(36)28(15,38)25(35)21(14)24(22)34/h2-7,12,14-15,31-32,34,36,38H,8-11H2,1H3,(H2,30,37)/t12?,14-,15+,28+/m1/s1. The van der Waals surface area contributed by atoms with Crippen LogP contribution in [0.3, 0.4) is 0 Å². The number of nitrogens with one attached hydrogen (secondary N) is 1. The third-order valence-electron chi connectivity index (χ3n) is 7.79. The van der Waals surface area contributed by atoms with Crippen LogP contribution in [-0.4, -0.2) is 56.2 Å². The van der Waals surface area contributed by atoms with Crippen LogP contribution < -0.4 is 11.1 Å². The summed E-state index contributed by atoms with van der Waals surface area (Å²) in [6, 6.07) is 9.92. The van der Waals surface area contributed by atoms with Crippen LogP contribution >= 0.6 is 0 Å². The van der Waals surface area contributed by atoms with E-state index in [1.807, 2.05) is 12.1 Å². The summed E-state index contributed by atoms with van der Waals surface area (Å²) in [4.78, 5) is 37.9. The van der Waals surface area contributed by atoms with Gasteiger partial charge in [-0.05, 0) is 60.6 Å². The van der Waals surface area contributed by atoms with Crippen molar-refractivity contribution in [2.75, 3.05) is 12.0 Å². The van der Waals surface area contributed by atoms with Crippen molar-refractivity contribution in [3.05, 3.63) is 64.4 Å². The van der Waals surface area contributed by atoms with E-state index in [9.17, 15) is 39.2 Å². The molecule has 1 amide bonds. The number of aliphatic hydroxyl groups excluding tert-OH is 2. The molecule has 10 heteroatoms. The molecule has 38 heavy (non-hydrogen) atoms. The van der Waals surface area contributed by atoms with E-state index in [4.69, 9.17) is 5.73 Å². The van der Waals surface area contributed by atoms with Gasteiger partial charge in [0, 0.05) is 23.6 Å². The van der Waals surface area contributed by atoms with Crippen LogP contribution in [0.15, 0.2) is 53.3 Å². The van der Waals surface area contributed by atoms with Crippen LogP contribution in [0.1, 0.15) is 30.9 Å². The number of alkyl halides is 1. The summed E-state index contributed by atoms with van der Waals surface area (Å²) in [5, 5.41) is 46.9. The predicted molar refractivity (Wildman–Crippen MR) is 136 cm³/mol. The first-order valence-corrected chi connectivity index (χ1v) is 12.2. The second-order valence-electron chi connectivity index (χ2n) is 10.2. The highest BCUT2D eigenvalue weighted by Crippen LogP contribution is 2.53. The Balaban J connectivity index is 1.61. The smallest absolute Gasteiger partial charge is 0.255 e. The highest BCUT2D eigenvalue weighted by molar-refractivity contribution is 6.22. The molecule has 5 rings (SSSR count). The third-order valence-corrected chi connectivity index (χ3v) is 7.79. The number of carbonyl (C=O) groups excluding carboxylic acids is 3. The molecule has 4 atom stereocenters. The monoisotopic (exact) mass is 522 g/mol. The Hall–Kier alpha value is -4.18. The zero-order valence-corrected chi connectivity index (χ0v) is 20.5. The van der Waals surface area contributed by atoms with Crippen molar-refractivity contribution < 1.29 is 39.2 Å². The SMILES string of the molecule is CC(CF)Nc1ccc(-c2ccc(O)c3c2C[C@H]2C[C@H]4CC(=O)C(C(N)=O)=C(O)[C@@]4(O)C(=O)C2=C3O)cc1. The summed E-state index contributed by atoms with van der Waals surface area (Å²) >= 11 is 0. The molecule has 0 aromatic heterocycles. The van der Waals surface area contributed by atoms with Gasteiger partial charge in [-0.3, -0.25) is 14.4 Å². The molecule has 1 unspecified atom stereocenters. The van der Waals surface area contributed by atoms with Gasteiger partial charge in [0.2, 0.25) is 5.78 Å². The summed E-state index contributed by atoms with van der Waals surface area (Å²) in [6.07, 6.45) is -0.111. The number of Topliss-reactive ketones (excluding diaryl/α,β-unsaturated/α-hetero) is 2. The van der Waals surface area contributed by atoms with Crippen LogP contribution in [-0.2, 0) is 20.8 Å². The fraction of sp³-hybridized carbons (Fsp3) is 0.321. The Labute approximate surface area is 217 Å². The van der Waals surface area contributed by atoms with Crippen LogP contribution in [0.2, 0.25) is 0 Å². The van der Waals surface area contributed by atoms with E-state index in [0.717, 1.165) is 11.3 Å². The molecular weight excluding hydrogens is 495 g/mol. The van der Waals surface area contributed by atoms with Crippen molar-refractivity contribution in [2.45, 2.75) is 37.8 Å². The first kappa shape index (κ1) is 25.5. The minimum atomic E-state index is -2.59. The van der Waals surface area contributed by atoms with Crippen molar-refractivity contribution in [1.82, 2.24) is 0 Å². The van der Waals surface area contributed by atoms with E-state index in [-0.39, 0.29) is 42.2 Å². The third kappa shape index (κ3) is 3.66. The van der Waals surface area contributed by atoms with E-state index < -0.39 is 58.7 Å². The molecule has 7 N–H and O–H groups in total. The number of aliphatic hydroxyl groups is 3. The molecule has 0 radical (unpaired) electrons. The van der Waals surface area contributed by atoms with E-state index in [0.29, 0.717) is 11.1 Å². The Morgan fingerprint density at radius 3 is 2.45 bits per heavy atom. The predicted octanol–water partition coefficient (Wildman–Crippen LogP) is 2.86. The van der Waals surface area contributed by atoms with Crippen molar-refractivity contribution in [1.29, 1.82) is 0 Å². The number of hydrogen-bond donors (Lipinski definition) is 6. The van der Waals surface area contributed by atoms with Gasteiger partial charge in [-0.15, -0.1) is 0 Å². The maximum absolute atomic E-state index is 13.6. The minimum absolute atomic E-state index is 0.0304. The van der Waals surface area contributed by atoms with Gasteiger partial charge in [-0.25, -0.2) is 4.39 Å². The maximum Gasteiger partial charge on any atom is 0.255 e. The molecule has 198 valence electrons. The maximum atomic E-state index is 13.6. The average Bonchev–Trinajstić information content (AvgIpc) is 2.86. The first-order chi connectivity index (χ1) is 18.0. The van der Waals surface area contributed by atoms with Crippen molar-refractivity contribution >= 4 is 28.9 Å². The molecule has 2 aromatic rings. The second kappa shape index (κ2) is 8.98. The number of rotatable bonds is 5. The van der Waals surface area contributed by atoms with Gasteiger partial charge in [0.1, 0.15) is 29.5 Å². The van der Waals surface area contributed by atoms with Crippen molar-refractivity contribution in [2.24, 2.45) is 17.6 Å². The lowest BCUT2D eigenvalue weighted by atomic mass is 9.59. The van der Waals surface area contributed by atoms with E-state index >= 15 is 0 Å². The Kier molecular flexibility index (Phi) is 6.02. The number of benzene rings is 2. The summed E-state index contributed by atoms with van der Waals surface area (Å²) in [5.74, 6) is -6.63. The second-order valence-corrected chi connectivity index (χ2v) is 10.2. The molecule has 0 aliphatic heterocycles. The fourth-order valence-electron chi connectivity index (χ4n) is 5.96. The largest absolute Gasteiger partial charge is 0.508 e. The highest BCUT2D eigenvalue weighted by atomic mass is 19.1. The molecule has 2 aromatic carbocycles. The van der Waals surface area contributed by atoms with E-state index in [1.54, 1.807) is 25.1 Å². The quantitative estimate of drug-likeness (QED) is 0.326. The number of phenolic OH excluding ortho intramolecular Hbond substituents is 1. The summed E-state index contributed by atoms with van der Waals surface area (Å²) in [5.41, 5.74) is 4.39. The Morgan fingerprint density at radius 2 is 1.82 bits per heavy atom. The Morgan fingerprint density at radius 1 is 1.13 bits per heavy atom. The summed E-state index contributed by atoms with van der Waals surface area (Å²) < 4.78 is 12.9. The molecule has 3 aliphatic carbocycles. The topological polar surface area (TPSA) is 170 Å². The zero-order chi connectivity index (χ0) is 27.5. The number of hydrogen-bond acceptors (Lipinski definition) is 8. The molecule has 1 saturated carbocycles. The van der Waals surface area contributed by atoms with Crippen molar-refractivity contribution in [3.8, 4) is 16.9 Å². The van der Waals surface area contributed by atoms with Gasteiger partial charge in [0.25, 0.3) is 5.91 Å². The molecule has 9 nitrogen and oxygen atoms in total. The molecular formula is C28H27FN2O7. The average molecular weight is 523 g/mol. The van der Waals surface area contributed by atoms with Gasteiger partial charge < -0.3 is 31.5 Å². The van der Waals surface area contributed by atoms with Crippen molar-refractivity contribution in [3.63, 3.8) is 0 Å². The van der Waals surface area contributed by atoms with Gasteiger partial charge in [-0.1, -0.05) is 18.2 Å². The number of fused-ring (bicyclic) bond motifs is 3. The van der Waals surface area contributed by atoms with Gasteiger partial charge >= 0.3 is 0 Å². The number of primary amides is 1. The normalized spacial score (nSPS) is 25.4. The number of phenols is 1. The minimum Gasteiger partial charge on any atom is -0.508 e. The fourth-order valence-corrected chi connectivity index (χ4v) is 5.96. The molecule has 0 heterocycles. The lowest BCUT2D eigenvalue weighted by molar-refractivity contribution is -0.147. The highest BCUT2D eigenvalue weighted by Gasteiger charge is 2.60. The lowest BCUT2D eigenvalue weighted by Gasteiger charge is -2.46. The molecule has 0 saturated heterocycles. The van der Waals surface area contributed by atoms with Gasteiger partial charge in [-0.2, -0.15) is 0 Å². The van der Waals surface area contributed by atoms with Gasteiger partial charge in [0.15, 0.2) is 11.4 Å². The first-order valence-electron chi connectivity index (χ1n) is 12.2. The summed E-state index contributed by atoms with van der Waals surface area (Å²) in [6.45, 7) is 1.19. The van der Waals surface area contributed by atoms with E-state index in [1.165, 1.54) is 6.07 Å². The number of anilines is 1. The number of nitrogens with two attached hydrogens (primary N) is 1. The number of carbonyl (C=O) groups is 3. The molecule has 1 fully saturated rings.